The van der Waals surface area contributed by atoms with Crippen LogP contribution >= 0.6 is 0 Å². The molecule has 0 saturated carbocycles. The Kier molecular flexibility index (Phi) is 15.5. The third-order valence-corrected chi connectivity index (χ3v) is 4.57. The lowest BCUT2D eigenvalue weighted by molar-refractivity contribution is -0.134. The van der Waals surface area contributed by atoms with Crippen LogP contribution in [-0.2, 0) is 4.79 Å². The maximum absolute atomic E-state index is 11.4. The number of carbonyl (C=O) groups excluding carboxylic acids is 2. The van der Waals surface area contributed by atoms with E-state index in [1.54, 1.807) is 4.90 Å². The molecule has 1 fully saturated rings. The first-order chi connectivity index (χ1) is 15.2. The molecule has 1 unspecified atom stereocenters. The van der Waals surface area contributed by atoms with Gasteiger partial charge in [-0.05, 0) is 44.2 Å². The molecule has 1 aromatic rings. The highest BCUT2D eigenvalue weighted by molar-refractivity contribution is 6.01. The minimum absolute atomic E-state index is 0.184. The van der Waals surface area contributed by atoms with Crippen molar-refractivity contribution in [2.45, 2.75) is 85.4 Å². The van der Waals surface area contributed by atoms with E-state index < -0.39 is 12.6 Å². The molecule has 0 radical (unpaired) electrons. The SMILES string of the molecule is CC.CCC(NNCCCCCN1CC(=O)NC1=O)c1c[nH]c(C)c1.CCCC(F)(F)F. The van der Waals surface area contributed by atoms with E-state index in [0.717, 1.165) is 32.2 Å². The van der Waals surface area contributed by atoms with Gasteiger partial charge in [0.15, 0.2) is 0 Å². The molecular formula is C22H40F3N5O2. The normalized spacial score (nSPS) is 14.3. The number of unbranched alkanes of at least 4 members (excludes halogenated alkanes) is 2. The van der Waals surface area contributed by atoms with Gasteiger partial charge in [-0.15, -0.1) is 0 Å². The van der Waals surface area contributed by atoms with Crippen LogP contribution in [0.15, 0.2) is 12.3 Å². The van der Waals surface area contributed by atoms with Crippen molar-refractivity contribution in [1.82, 2.24) is 26.1 Å². The minimum Gasteiger partial charge on any atom is -0.365 e. The molecule has 4 N–H and O–H groups in total. The second-order valence-corrected chi connectivity index (χ2v) is 7.35. The number of imide groups is 1. The second-order valence-electron chi connectivity index (χ2n) is 7.35. The Hall–Kier alpha value is -2.07. The molecule has 0 aromatic carbocycles. The van der Waals surface area contributed by atoms with E-state index in [4.69, 9.17) is 0 Å². The third kappa shape index (κ3) is 13.4. The fourth-order valence-electron chi connectivity index (χ4n) is 2.99. The number of hydrogen-bond donors (Lipinski definition) is 4. The number of nitrogens with zero attached hydrogens (tertiary/aromatic N) is 1. The molecule has 1 aliphatic rings. The number of H-pyrrole nitrogens is 1. The fourth-order valence-corrected chi connectivity index (χ4v) is 2.99. The van der Waals surface area contributed by atoms with Crippen LogP contribution in [0.1, 0.15) is 83.5 Å². The van der Waals surface area contributed by atoms with Gasteiger partial charge in [0.05, 0.1) is 0 Å². The minimum atomic E-state index is -3.95. The van der Waals surface area contributed by atoms with Crippen molar-refractivity contribution in [3.8, 4) is 0 Å². The lowest BCUT2D eigenvalue weighted by atomic mass is 10.1. The Bertz CT molecular complexity index is 650. The third-order valence-electron chi connectivity index (χ3n) is 4.57. The summed E-state index contributed by atoms with van der Waals surface area (Å²) in [5, 5.41) is 2.29. The highest BCUT2D eigenvalue weighted by Crippen LogP contribution is 2.20. The molecule has 2 rings (SSSR count). The van der Waals surface area contributed by atoms with Crippen molar-refractivity contribution in [1.29, 1.82) is 0 Å². The van der Waals surface area contributed by atoms with Gasteiger partial charge < -0.3 is 9.88 Å². The van der Waals surface area contributed by atoms with Crippen molar-refractivity contribution in [3.05, 3.63) is 23.5 Å². The van der Waals surface area contributed by atoms with Gasteiger partial charge >= 0.3 is 12.2 Å². The maximum Gasteiger partial charge on any atom is 0.389 e. The first kappa shape index (κ1) is 29.9. The number of hydrogen-bond acceptors (Lipinski definition) is 4. The van der Waals surface area contributed by atoms with Gasteiger partial charge in [-0.1, -0.05) is 34.1 Å². The lowest BCUT2D eigenvalue weighted by Gasteiger charge is -2.17. The number of aryl methyl sites for hydroxylation is 1. The summed E-state index contributed by atoms with van der Waals surface area (Å²) in [5.74, 6) is -0.202. The molecule has 1 aromatic heterocycles. The van der Waals surface area contributed by atoms with E-state index in [0.29, 0.717) is 12.6 Å². The van der Waals surface area contributed by atoms with E-state index in [1.807, 2.05) is 20.0 Å². The van der Waals surface area contributed by atoms with Gasteiger partial charge in [-0.25, -0.2) is 4.79 Å². The van der Waals surface area contributed by atoms with Gasteiger partial charge in [-0.3, -0.25) is 21.0 Å². The maximum atomic E-state index is 11.4. The molecule has 186 valence electrons. The van der Waals surface area contributed by atoms with Crippen LogP contribution in [0.4, 0.5) is 18.0 Å². The van der Waals surface area contributed by atoms with Crippen LogP contribution in [0.25, 0.3) is 0 Å². The lowest BCUT2D eigenvalue weighted by Crippen LogP contribution is -2.35. The van der Waals surface area contributed by atoms with Gasteiger partial charge in [-0.2, -0.15) is 13.2 Å². The van der Waals surface area contributed by atoms with E-state index >= 15 is 0 Å². The summed E-state index contributed by atoms with van der Waals surface area (Å²) in [6.07, 6.45) is 1.59. The first-order valence-corrected chi connectivity index (χ1v) is 11.4. The molecule has 2 heterocycles. The molecule has 3 amide bonds. The molecular weight excluding hydrogens is 423 g/mol. The summed E-state index contributed by atoms with van der Waals surface area (Å²) in [5.41, 5.74) is 9.07. The number of aromatic nitrogens is 1. The van der Waals surface area contributed by atoms with Gasteiger partial charge in [0.1, 0.15) is 6.54 Å². The van der Waals surface area contributed by atoms with E-state index in [2.05, 4.69) is 41.1 Å². The van der Waals surface area contributed by atoms with Gasteiger partial charge in [0.25, 0.3) is 0 Å². The summed E-state index contributed by atoms with van der Waals surface area (Å²) < 4.78 is 33.2. The zero-order valence-corrected chi connectivity index (χ0v) is 20.0. The predicted molar refractivity (Wildman–Crippen MR) is 121 cm³/mol. The Balaban J connectivity index is 0.000000911. The van der Waals surface area contributed by atoms with Crippen molar-refractivity contribution in [2.75, 3.05) is 19.6 Å². The number of nitrogens with one attached hydrogen (secondary N) is 4. The number of amides is 3. The monoisotopic (exact) mass is 463 g/mol. The van der Waals surface area contributed by atoms with E-state index in [1.165, 1.54) is 18.2 Å². The Morgan fingerprint density at radius 1 is 1.16 bits per heavy atom. The molecule has 1 atom stereocenters. The van der Waals surface area contributed by atoms with Crippen LogP contribution < -0.4 is 16.2 Å². The van der Waals surface area contributed by atoms with Gasteiger partial charge in [0.2, 0.25) is 5.91 Å². The number of carbonyl (C=O) groups is 2. The number of hydrazine groups is 1. The quantitative estimate of drug-likeness (QED) is 0.212. The zero-order valence-electron chi connectivity index (χ0n) is 20.0. The van der Waals surface area contributed by atoms with Crippen LogP contribution in [0.5, 0.6) is 0 Å². The Labute approximate surface area is 189 Å². The molecule has 0 spiro atoms. The summed E-state index contributed by atoms with van der Waals surface area (Å²) in [7, 11) is 0. The fraction of sp³-hybridized carbons (Fsp3) is 0.727. The van der Waals surface area contributed by atoms with Crippen LogP contribution in [-0.4, -0.2) is 47.6 Å². The first-order valence-electron chi connectivity index (χ1n) is 11.4. The smallest absolute Gasteiger partial charge is 0.365 e. The molecule has 7 nitrogen and oxygen atoms in total. The van der Waals surface area contributed by atoms with Crippen LogP contribution in [0.2, 0.25) is 0 Å². The average Bonchev–Trinajstić information content (AvgIpc) is 3.29. The van der Waals surface area contributed by atoms with Gasteiger partial charge in [0, 0.05) is 37.4 Å². The van der Waals surface area contributed by atoms with Crippen molar-refractivity contribution >= 4 is 11.9 Å². The second kappa shape index (κ2) is 16.5. The zero-order chi connectivity index (χ0) is 24.6. The number of rotatable bonds is 11. The summed E-state index contributed by atoms with van der Waals surface area (Å²) >= 11 is 0. The number of alkyl halides is 3. The molecule has 0 aliphatic carbocycles. The number of halogens is 3. The number of urea groups is 1. The molecule has 10 heteroatoms. The highest BCUT2D eigenvalue weighted by Gasteiger charge is 2.25. The summed E-state index contributed by atoms with van der Waals surface area (Å²) in [4.78, 5) is 27.2. The summed E-state index contributed by atoms with van der Waals surface area (Å²) in [6, 6.07) is 2.20. The van der Waals surface area contributed by atoms with E-state index in [9.17, 15) is 22.8 Å². The molecule has 1 aliphatic heterocycles. The van der Waals surface area contributed by atoms with Crippen LogP contribution in [0, 0.1) is 6.92 Å². The van der Waals surface area contributed by atoms with Crippen molar-refractivity contribution < 1.29 is 22.8 Å². The Morgan fingerprint density at radius 2 is 1.84 bits per heavy atom. The Morgan fingerprint density at radius 3 is 2.28 bits per heavy atom. The number of aromatic amines is 1. The predicted octanol–water partition coefficient (Wildman–Crippen LogP) is 4.97. The topological polar surface area (TPSA) is 89.3 Å². The summed E-state index contributed by atoms with van der Waals surface area (Å²) in [6.45, 7) is 11.4. The molecule has 1 saturated heterocycles. The average molecular weight is 464 g/mol. The standard InChI is InChI=1S/C16H27N5O2.C4H7F3.C2H6/c1-3-14(13-9-12(2)17-10-13)20-18-7-5-4-6-8-21-11-15(22)19-16(21)23;1-2-3-4(5,6)7;1-2/h9-10,14,17-18,20H,3-8,11H2,1-2H3,(H,19,22,23);2-3H2,1H3;1-2H3. The van der Waals surface area contributed by atoms with Crippen molar-refractivity contribution in [2.24, 2.45) is 0 Å². The van der Waals surface area contributed by atoms with Crippen LogP contribution in [0.3, 0.4) is 0 Å². The highest BCUT2D eigenvalue weighted by atomic mass is 19.4. The van der Waals surface area contributed by atoms with E-state index in [-0.39, 0.29) is 24.9 Å². The molecule has 32 heavy (non-hydrogen) atoms. The molecule has 0 bridgehead atoms. The van der Waals surface area contributed by atoms with Crippen molar-refractivity contribution in [3.63, 3.8) is 0 Å². The largest absolute Gasteiger partial charge is 0.389 e.